The number of aliphatic imine (C=N–C) groups is 3. The zero-order chi connectivity index (χ0) is 15.7. The predicted molar refractivity (Wildman–Crippen MR) is 94.3 cm³/mol. The van der Waals surface area contributed by atoms with Crippen molar-refractivity contribution in [1.29, 1.82) is 0 Å². The van der Waals surface area contributed by atoms with Crippen LogP contribution in [0.4, 0.5) is 5.69 Å². The van der Waals surface area contributed by atoms with Gasteiger partial charge in [-0.1, -0.05) is 25.1 Å². The number of hydrogen-bond donors (Lipinski definition) is 1. The van der Waals surface area contributed by atoms with Gasteiger partial charge in [-0.2, -0.15) is 0 Å². The molecule has 1 unspecified atom stereocenters. The number of rotatable bonds is 4. The zero-order valence-electron chi connectivity index (χ0n) is 13.6. The molecule has 0 aliphatic carbocycles. The summed E-state index contributed by atoms with van der Waals surface area (Å²) in [5.41, 5.74) is 6.77. The van der Waals surface area contributed by atoms with Crippen LogP contribution in [0.25, 0.3) is 0 Å². The Balaban J connectivity index is 1.93. The number of benzene rings is 1. The van der Waals surface area contributed by atoms with Crippen molar-refractivity contribution in [3.8, 4) is 0 Å². The first kappa shape index (κ1) is 14.7. The number of allylic oxidation sites excluding steroid dienone is 1. The van der Waals surface area contributed by atoms with E-state index in [1.54, 1.807) is 0 Å². The lowest BCUT2D eigenvalue weighted by molar-refractivity contribution is 0.884. The van der Waals surface area contributed by atoms with Crippen molar-refractivity contribution < 1.29 is 0 Å². The van der Waals surface area contributed by atoms with Crippen LogP contribution >= 0.6 is 0 Å². The van der Waals surface area contributed by atoms with E-state index in [2.05, 4.69) is 59.3 Å². The lowest BCUT2D eigenvalue weighted by Crippen LogP contribution is -2.23. The highest BCUT2D eigenvalue weighted by Gasteiger charge is 2.24. The molecule has 4 heteroatoms. The summed E-state index contributed by atoms with van der Waals surface area (Å²) < 4.78 is 0. The fraction of sp³-hybridized carbons (Fsp3) is 0.389. The van der Waals surface area contributed by atoms with Gasteiger partial charge in [0, 0.05) is 18.3 Å². The predicted octanol–water partition coefficient (Wildman–Crippen LogP) is 3.92. The van der Waals surface area contributed by atoms with Gasteiger partial charge in [-0.05, 0) is 38.3 Å². The first-order valence-electron chi connectivity index (χ1n) is 7.85. The van der Waals surface area contributed by atoms with Gasteiger partial charge in [0.2, 0.25) is 0 Å². The van der Waals surface area contributed by atoms with Gasteiger partial charge in [0.25, 0.3) is 0 Å². The van der Waals surface area contributed by atoms with E-state index in [4.69, 9.17) is 0 Å². The maximum Gasteiger partial charge on any atom is 0.126 e. The van der Waals surface area contributed by atoms with Crippen molar-refractivity contribution in [1.82, 2.24) is 0 Å². The lowest BCUT2D eigenvalue weighted by Gasteiger charge is -2.22. The van der Waals surface area contributed by atoms with E-state index in [0.29, 0.717) is 0 Å². The van der Waals surface area contributed by atoms with Gasteiger partial charge in [-0.25, -0.2) is 9.98 Å². The van der Waals surface area contributed by atoms with Crippen molar-refractivity contribution in [2.24, 2.45) is 15.0 Å². The third kappa shape index (κ3) is 2.61. The van der Waals surface area contributed by atoms with E-state index < -0.39 is 0 Å². The number of anilines is 1. The van der Waals surface area contributed by atoms with Gasteiger partial charge in [0.1, 0.15) is 11.5 Å². The molecule has 2 aliphatic heterocycles. The molecule has 0 amide bonds. The quantitative estimate of drug-likeness (QED) is 0.899. The molecule has 0 aromatic heterocycles. The summed E-state index contributed by atoms with van der Waals surface area (Å²) in [7, 11) is 0. The molecule has 1 aromatic carbocycles. The number of nitrogens with zero attached hydrogens (tertiary/aromatic N) is 3. The molecule has 4 nitrogen and oxygen atoms in total. The van der Waals surface area contributed by atoms with E-state index >= 15 is 0 Å². The number of para-hydroxylation sites is 1. The highest BCUT2D eigenvalue weighted by Crippen LogP contribution is 2.28. The number of nitrogens with one attached hydrogen (secondary N) is 1. The van der Waals surface area contributed by atoms with E-state index in [1.165, 1.54) is 16.8 Å². The Morgan fingerprint density at radius 3 is 2.82 bits per heavy atom. The van der Waals surface area contributed by atoms with E-state index in [0.717, 1.165) is 35.8 Å². The van der Waals surface area contributed by atoms with Crippen molar-refractivity contribution in [2.45, 2.75) is 46.6 Å². The van der Waals surface area contributed by atoms with Crippen LogP contribution in [0.3, 0.4) is 0 Å². The molecule has 1 atom stereocenters. The first-order chi connectivity index (χ1) is 10.6. The van der Waals surface area contributed by atoms with Crippen LogP contribution in [0.15, 0.2) is 44.6 Å². The summed E-state index contributed by atoms with van der Waals surface area (Å²) in [6.07, 6.45) is 3.72. The Labute approximate surface area is 131 Å². The highest BCUT2D eigenvalue weighted by atomic mass is 15.1. The van der Waals surface area contributed by atoms with Gasteiger partial charge in [0.15, 0.2) is 0 Å². The van der Waals surface area contributed by atoms with Crippen molar-refractivity contribution in [3.05, 3.63) is 40.7 Å². The number of hydrogen-bond acceptors (Lipinski definition) is 4. The maximum atomic E-state index is 4.59. The summed E-state index contributed by atoms with van der Waals surface area (Å²) in [6.45, 7) is 8.39. The second-order valence-corrected chi connectivity index (χ2v) is 5.80. The smallest absolute Gasteiger partial charge is 0.126 e. The fourth-order valence-electron chi connectivity index (χ4n) is 2.97. The monoisotopic (exact) mass is 294 g/mol. The molecule has 2 aliphatic rings. The molecule has 0 saturated heterocycles. The third-order valence-electron chi connectivity index (χ3n) is 4.11. The van der Waals surface area contributed by atoms with Crippen molar-refractivity contribution in [2.75, 3.05) is 5.32 Å². The van der Waals surface area contributed by atoms with E-state index in [-0.39, 0.29) is 6.04 Å². The topological polar surface area (TPSA) is 49.1 Å². The van der Waals surface area contributed by atoms with Crippen molar-refractivity contribution in [3.63, 3.8) is 0 Å². The first-order valence-corrected chi connectivity index (χ1v) is 7.85. The van der Waals surface area contributed by atoms with Crippen molar-refractivity contribution >= 4 is 23.4 Å². The second-order valence-electron chi connectivity index (χ2n) is 5.80. The second kappa shape index (κ2) is 5.87. The normalized spacial score (nSPS) is 18.0. The Kier molecular flexibility index (Phi) is 3.92. The Morgan fingerprint density at radius 2 is 2.05 bits per heavy atom. The minimum Gasteiger partial charge on any atom is -0.376 e. The maximum absolute atomic E-state index is 4.59. The van der Waals surface area contributed by atoms with Crippen LogP contribution in [-0.4, -0.2) is 23.8 Å². The molecule has 1 aromatic rings. The summed E-state index contributed by atoms with van der Waals surface area (Å²) in [6, 6.07) is 6.52. The molecule has 1 N–H and O–H groups in total. The molecule has 0 fully saturated rings. The fourth-order valence-corrected chi connectivity index (χ4v) is 2.97. The Bertz CT molecular complexity index is 723. The molecule has 0 spiro atoms. The number of fused-ring (bicyclic) bond motifs is 1. The Morgan fingerprint density at radius 1 is 1.23 bits per heavy atom. The molecular formula is C18H22N4. The van der Waals surface area contributed by atoms with Crippen LogP contribution in [0, 0.1) is 6.92 Å². The van der Waals surface area contributed by atoms with Crippen LogP contribution in [-0.2, 0) is 6.42 Å². The van der Waals surface area contributed by atoms with E-state index in [1.807, 2.05) is 13.1 Å². The van der Waals surface area contributed by atoms with Gasteiger partial charge in [0.05, 0.1) is 17.5 Å². The molecule has 0 radical (unpaired) electrons. The van der Waals surface area contributed by atoms with Crippen LogP contribution in [0.5, 0.6) is 0 Å². The summed E-state index contributed by atoms with van der Waals surface area (Å²) in [5, 5.41) is 3.63. The standard InChI is InChI=1S/C18H22N4/c1-5-14-8-6-7-11(2)16(14)20-12(3)17-18-15(9-10-19-17)21-13(4)22-18/h6-8,10,12,20H,5,9H2,1-4H3. The molecule has 22 heavy (non-hydrogen) atoms. The average molecular weight is 294 g/mol. The molecular weight excluding hydrogens is 272 g/mol. The SMILES string of the molecule is CCc1cccc(C)c1NC(C)C1=C2N=C(C)N=C2CC=N1. The molecule has 2 heterocycles. The van der Waals surface area contributed by atoms with Crippen LogP contribution in [0.2, 0.25) is 0 Å². The highest BCUT2D eigenvalue weighted by molar-refractivity contribution is 6.18. The summed E-state index contributed by atoms with van der Waals surface area (Å²) >= 11 is 0. The summed E-state index contributed by atoms with van der Waals surface area (Å²) in [4.78, 5) is 13.6. The minimum atomic E-state index is 0.0952. The average Bonchev–Trinajstić information content (AvgIpc) is 2.89. The van der Waals surface area contributed by atoms with Gasteiger partial charge >= 0.3 is 0 Å². The minimum absolute atomic E-state index is 0.0952. The number of aryl methyl sites for hydroxylation is 2. The van der Waals surface area contributed by atoms with E-state index in [9.17, 15) is 0 Å². The lowest BCUT2D eigenvalue weighted by atomic mass is 10.0. The van der Waals surface area contributed by atoms with Gasteiger partial charge < -0.3 is 5.32 Å². The van der Waals surface area contributed by atoms with Gasteiger partial charge in [-0.15, -0.1) is 0 Å². The summed E-state index contributed by atoms with van der Waals surface area (Å²) in [5.74, 6) is 0.824. The zero-order valence-corrected chi connectivity index (χ0v) is 13.6. The van der Waals surface area contributed by atoms with Crippen LogP contribution < -0.4 is 5.32 Å². The molecule has 114 valence electrons. The largest absolute Gasteiger partial charge is 0.376 e. The third-order valence-corrected chi connectivity index (χ3v) is 4.11. The Hall–Kier alpha value is -2.23. The number of amidine groups is 1. The van der Waals surface area contributed by atoms with Gasteiger partial charge in [-0.3, -0.25) is 4.99 Å². The van der Waals surface area contributed by atoms with Crippen LogP contribution in [0.1, 0.15) is 38.3 Å². The molecule has 0 bridgehead atoms. The molecule has 3 rings (SSSR count). The molecule has 0 saturated carbocycles.